The highest BCUT2D eigenvalue weighted by Gasteiger charge is 2.69. The van der Waals surface area contributed by atoms with Gasteiger partial charge in [0.2, 0.25) is 17.7 Å². The van der Waals surface area contributed by atoms with Crippen LogP contribution in [0, 0.1) is 28.6 Å². The van der Waals surface area contributed by atoms with E-state index < -0.39 is 5.41 Å². The first-order chi connectivity index (χ1) is 15.6. The summed E-state index contributed by atoms with van der Waals surface area (Å²) in [5, 5.41) is 12.0. The van der Waals surface area contributed by atoms with Crippen molar-refractivity contribution in [3.05, 3.63) is 24.2 Å². The van der Waals surface area contributed by atoms with E-state index in [0.717, 1.165) is 5.92 Å². The van der Waals surface area contributed by atoms with Crippen molar-refractivity contribution in [2.75, 3.05) is 13.2 Å². The van der Waals surface area contributed by atoms with Gasteiger partial charge in [-0.25, -0.2) is 5.01 Å². The smallest absolute Gasteiger partial charge is 0.249 e. The number of ether oxygens (including phenoxy) is 1. The lowest BCUT2D eigenvalue weighted by molar-refractivity contribution is -0.127. The van der Waals surface area contributed by atoms with Crippen molar-refractivity contribution >= 4 is 18.0 Å². The number of nitrogens with zero attached hydrogens (tertiary/aromatic N) is 2. The summed E-state index contributed by atoms with van der Waals surface area (Å²) in [6, 6.07) is 0.291. The largest absolute Gasteiger partial charge is 0.477 e. The molecule has 0 aromatic heterocycles. The minimum absolute atomic E-state index is 0.0710. The number of nitrogens with one attached hydrogen (secondary N) is 2. The molecule has 2 amide bonds. The van der Waals surface area contributed by atoms with Crippen LogP contribution >= 0.6 is 0 Å². The first-order valence-electron chi connectivity index (χ1n) is 12.5. The number of amides is 2. The Hall–Kier alpha value is -2.31. The zero-order chi connectivity index (χ0) is 24.2. The van der Waals surface area contributed by atoms with Gasteiger partial charge >= 0.3 is 0 Å². The van der Waals surface area contributed by atoms with Crippen molar-refractivity contribution in [2.24, 2.45) is 33.7 Å². The summed E-state index contributed by atoms with van der Waals surface area (Å²) in [7, 11) is 0. The van der Waals surface area contributed by atoms with Crippen LogP contribution in [0.3, 0.4) is 0 Å². The van der Waals surface area contributed by atoms with Gasteiger partial charge in [0, 0.05) is 25.0 Å². The monoisotopic (exact) mass is 458 g/mol. The zero-order valence-electron chi connectivity index (χ0n) is 21.2. The van der Waals surface area contributed by atoms with Gasteiger partial charge < -0.3 is 15.4 Å². The molecule has 0 aromatic rings. The number of carbonyl (C=O) groups excluding carboxylic acids is 2. The van der Waals surface area contributed by atoms with Gasteiger partial charge in [0.15, 0.2) is 0 Å². The van der Waals surface area contributed by atoms with Gasteiger partial charge in [-0.1, -0.05) is 32.8 Å². The van der Waals surface area contributed by atoms with Gasteiger partial charge in [-0.2, -0.15) is 5.10 Å². The Morgan fingerprint density at radius 2 is 2.09 bits per heavy atom. The SMILES string of the molecule is C/C=N\N(/C=C/C(C)(C)C(=O)NCC)/C(=C/C(=O)N[C@@H]1C2CC3CCCC21C3)OCC(C)C. The van der Waals surface area contributed by atoms with Crippen LogP contribution < -0.4 is 10.6 Å². The molecule has 1 spiro atoms. The lowest BCUT2D eigenvalue weighted by Crippen LogP contribution is -2.35. The third kappa shape index (κ3) is 5.79. The Kier molecular flexibility index (Phi) is 7.91. The van der Waals surface area contributed by atoms with Gasteiger partial charge in [-0.15, -0.1) is 0 Å². The van der Waals surface area contributed by atoms with E-state index >= 15 is 0 Å². The van der Waals surface area contributed by atoms with Crippen molar-refractivity contribution in [3.8, 4) is 0 Å². The fraction of sp³-hybridized carbons (Fsp3) is 0.731. The number of hydrogen-bond donors (Lipinski definition) is 2. The standard InChI is InChI=1S/C26H42N4O3/c1-7-27-24(32)25(5,6)12-13-30(28-8-2)22(33-17-18(3)4)15-21(31)29-23-20-14-19-10-9-11-26(20,23)16-19/h8,12-13,15,18-20,23H,7,9-11,14,16-17H2,1-6H3,(H,27,32)(H,29,31)/b13-12+,22-15-,28-8-/t19?,20?,23-,26?/m1/s1. The normalized spacial score (nSPS) is 28.8. The van der Waals surface area contributed by atoms with Crippen LogP contribution in [0.5, 0.6) is 0 Å². The van der Waals surface area contributed by atoms with Crippen molar-refractivity contribution in [3.63, 3.8) is 0 Å². The summed E-state index contributed by atoms with van der Waals surface area (Å²) in [5.41, 5.74) is -0.381. The molecule has 3 aliphatic carbocycles. The summed E-state index contributed by atoms with van der Waals surface area (Å²) >= 11 is 0. The zero-order valence-corrected chi connectivity index (χ0v) is 21.2. The summed E-state index contributed by atoms with van der Waals surface area (Å²) < 4.78 is 6.00. The van der Waals surface area contributed by atoms with Crippen molar-refractivity contribution < 1.29 is 14.3 Å². The summed E-state index contributed by atoms with van der Waals surface area (Å²) in [4.78, 5) is 25.4. The van der Waals surface area contributed by atoms with Gasteiger partial charge in [-0.3, -0.25) is 9.59 Å². The molecule has 0 aliphatic heterocycles. The Bertz CT molecular complexity index is 816. The van der Waals surface area contributed by atoms with Gasteiger partial charge in [0.05, 0.1) is 18.1 Å². The fourth-order valence-corrected chi connectivity index (χ4v) is 5.58. The molecule has 3 unspecified atom stereocenters. The van der Waals surface area contributed by atoms with Crippen LogP contribution in [0.15, 0.2) is 29.3 Å². The number of rotatable bonds is 11. The van der Waals surface area contributed by atoms with Crippen molar-refractivity contribution in [2.45, 2.75) is 79.7 Å². The van der Waals surface area contributed by atoms with Crippen molar-refractivity contribution in [1.29, 1.82) is 0 Å². The predicted molar refractivity (Wildman–Crippen MR) is 131 cm³/mol. The lowest BCUT2D eigenvalue weighted by Gasteiger charge is -2.26. The highest BCUT2D eigenvalue weighted by Crippen LogP contribution is 2.70. The van der Waals surface area contributed by atoms with E-state index in [0.29, 0.717) is 42.3 Å². The molecule has 7 nitrogen and oxygen atoms in total. The average molecular weight is 459 g/mol. The second-order valence-electron chi connectivity index (χ2n) is 10.8. The molecule has 3 aliphatic rings. The van der Waals surface area contributed by atoms with Crippen LogP contribution in [-0.4, -0.2) is 42.2 Å². The molecule has 184 valence electrons. The van der Waals surface area contributed by atoms with Crippen molar-refractivity contribution in [1.82, 2.24) is 15.6 Å². The maximum atomic E-state index is 13.0. The minimum Gasteiger partial charge on any atom is -0.477 e. The summed E-state index contributed by atoms with van der Waals surface area (Å²) in [5.74, 6) is 1.94. The number of hydrazone groups is 1. The highest BCUT2D eigenvalue weighted by molar-refractivity contribution is 5.88. The molecule has 0 heterocycles. The molecule has 0 radical (unpaired) electrons. The molecule has 3 saturated carbocycles. The first-order valence-corrected chi connectivity index (χ1v) is 12.5. The van der Waals surface area contributed by atoms with Crippen LogP contribution in [0.2, 0.25) is 0 Å². The summed E-state index contributed by atoms with van der Waals surface area (Å²) in [6.07, 6.45) is 13.0. The topological polar surface area (TPSA) is 83.0 Å². The van der Waals surface area contributed by atoms with E-state index in [4.69, 9.17) is 4.74 Å². The summed E-state index contributed by atoms with van der Waals surface area (Å²) in [6.45, 7) is 12.5. The predicted octanol–water partition coefficient (Wildman–Crippen LogP) is 4.18. The average Bonchev–Trinajstić information content (AvgIpc) is 3.17. The van der Waals surface area contributed by atoms with E-state index in [1.54, 1.807) is 25.4 Å². The Labute approximate surface area is 199 Å². The Balaban J connectivity index is 1.74. The van der Waals surface area contributed by atoms with Crippen LogP contribution in [0.25, 0.3) is 0 Å². The third-order valence-electron chi connectivity index (χ3n) is 7.30. The Morgan fingerprint density at radius 1 is 1.33 bits per heavy atom. The molecule has 0 aromatic carbocycles. The van der Waals surface area contributed by atoms with Gasteiger partial charge in [0.1, 0.15) is 0 Å². The van der Waals surface area contributed by atoms with Crippen LogP contribution in [0.1, 0.15) is 73.6 Å². The quantitative estimate of drug-likeness (QED) is 0.211. The highest BCUT2D eigenvalue weighted by atomic mass is 16.5. The van der Waals surface area contributed by atoms with Crippen LogP contribution in [-0.2, 0) is 14.3 Å². The Morgan fingerprint density at radius 3 is 2.76 bits per heavy atom. The molecule has 2 bridgehead atoms. The second-order valence-corrected chi connectivity index (χ2v) is 10.8. The van der Waals surface area contributed by atoms with E-state index in [1.807, 2.05) is 20.8 Å². The molecule has 3 fully saturated rings. The molecule has 7 heteroatoms. The third-order valence-corrected chi connectivity index (χ3v) is 7.30. The van der Waals surface area contributed by atoms with Crippen LogP contribution in [0.4, 0.5) is 0 Å². The molecule has 33 heavy (non-hydrogen) atoms. The molecule has 3 rings (SSSR count). The molecular formula is C26H42N4O3. The minimum atomic E-state index is -0.731. The molecule has 4 atom stereocenters. The second kappa shape index (κ2) is 10.3. The number of carbonyl (C=O) groups is 2. The van der Waals surface area contributed by atoms with Gasteiger partial charge in [-0.05, 0) is 70.1 Å². The maximum absolute atomic E-state index is 13.0. The van der Waals surface area contributed by atoms with E-state index in [9.17, 15) is 9.59 Å². The first kappa shape index (κ1) is 25.3. The molecule has 2 N–H and O–H groups in total. The van der Waals surface area contributed by atoms with E-state index in [2.05, 4.69) is 29.6 Å². The molecular weight excluding hydrogens is 416 g/mol. The lowest BCUT2D eigenvalue weighted by atomic mass is 9.82. The fourth-order valence-electron chi connectivity index (χ4n) is 5.58. The van der Waals surface area contributed by atoms with E-state index in [-0.39, 0.29) is 11.8 Å². The maximum Gasteiger partial charge on any atom is 0.249 e. The van der Waals surface area contributed by atoms with Gasteiger partial charge in [0.25, 0.3) is 0 Å². The number of hydrogen-bond acceptors (Lipinski definition) is 5. The number of fused-ring (bicyclic) bond motifs is 1. The van der Waals surface area contributed by atoms with E-state index in [1.165, 1.54) is 43.2 Å². The molecule has 0 saturated heterocycles.